The van der Waals surface area contributed by atoms with E-state index < -0.39 is 63.1 Å². The van der Waals surface area contributed by atoms with Gasteiger partial charge in [0.1, 0.15) is 11.7 Å². The number of halogens is 3. The molecule has 1 aliphatic heterocycles. The summed E-state index contributed by atoms with van der Waals surface area (Å²) in [7, 11) is 0. The van der Waals surface area contributed by atoms with Gasteiger partial charge in [0.25, 0.3) is 0 Å². The summed E-state index contributed by atoms with van der Waals surface area (Å²) < 4.78 is 58.3. The number of carbonyl (C=O) groups excluding carboxylic acids is 2. The molecule has 3 saturated carbocycles. The molecule has 0 amide bonds. The van der Waals surface area contributed by atoms with Gasteiger partial charge in [0.15, 0.2) is 5.60 Å². The summed E-state index contributed by atoms with van der Waals surface area (Å²) in [4.78, 5) is 30.7. The number of ether oxygens (including phenoxy) is 2. The number of thioether (sulfide) groups is 1. The normalized spacial score (nSPS) is 39.1. The summed E-state index contributed by atoms with van der Waals surface area (Å²) in [6.45, 7) is 4.29. The van der Waals surface area contributed by atoms with Crippen molar-refractivity contribution >= 4 is 28.9 Å². The van der Waals surface area contributed by atoms with E-state index in [0.29, 0.717) is 56.2 Å². The summed E-state index contributed by atoms with van der Waals surface area (Å²) in [5.41, 5.74) is -2.81. The van der Waals surface area contributed by atoms with Gasteiger partial charge in [-0.25, -0.2) is 18.4 Å². The van der Waals surface area contributed by atoms with E-state index in [0.717, 1.165) is 16.8 Å². The summed E-state index contributed by atoms with van der Waals surface area (Å²) in [6, 6.07) is 1.88. The molecular formula is C32H36F3N3O5S. The predicted molar refractivity (Wildman–Crippen MR) is 155 cm³/mol. The summed E-state index contributed by atoms with van der Waals surface area (Å²) in [5, 5.41) is 15.8. The molecule has 0 bridgehead atoms. The Bertz CT molecular complexity index is 1530. The van der Waals surface area contributed by atoms with Gasteiger partial charge in [-0.2, -0.15) is 9.49 Å². The molecule has 5 aliphatic rings. The zero-order valence-electron chi connectivity index (χ0n) is 24.7. The highest BCUT2D eigenvalue weighted by molar-refractivity contribution is 8.13. The number of hydrogen-bond acceptors (Lipinski definition) is 8. The number of rotatable bonds is 5. The Hall–Kier alpha value is -2.70. The molecule has 0 aromatic carbocycles. The number of fused-ring (bicyclic) bond motifs is 6. The van der Waals surface area contributed by atoms with Gasteiger partial charge < -0.3 is 14.6 Å². The van der Waals surface area contributed by atoms with Crippen LogP contribution in [0.25, 0.3) is 11.8 Å². The first-order valence-corrected chi connectivity index (χ1v) is 16.3. The van der Waals surface area contributed by atoms with Crippen molar-refractivity contribution in [2.45, 2.75) is 76.2 Å². The van der Waals surface area contributed by atoms with Crippen molar-refractivity contribution in [3.05, 3.63) is 47.3 Å². The topological polar surface area (TPSA) is 104 Å². The minimum absolute atomic E-state index is 0.103. The summed E-state index contributed by atoms with van der Waals surface area (Å²) in [5.74, 6) is -2.66. The molecule has 2 aromatic heterocycles. The highest BCUT2D eigenvalue weighted by atomic mass is 32.2. The molecule has 12 heteroatoms. The van der Waals surface area contributed by atoms with Crippen LogP contribution >= 0.6 is 11.8 Å². The van der Waals surface area contributed by atoms with Crippen molar-refractivity contribution in [3.8, 4) is 5.69 Å². The Morgan fingerprint density at radius 2 is 2.02 bits per heavy atom. The van der Waals surface area contributed by atoms with Gasteiger partial charge in [0, 0.05) is 23.4 Å². The van der Waals surface area contributed by atoms with Crippen molar-refractivity contribution in [2.24, 2.45) is 28.6 Å². The van der Waals surface area contributed by atoms with Crippen molar-refractivity contribution in [2.75, 3.05) is 19.2 Å². The van der Waals surface area contributed by atoms with Crippen LogP contribution in [0.4, 0.5) is 13.2 Å². The molecule has 1 N–H and O–H groups in total. The second-order valence-electron chi connectivity index (χ2n) is 13.5. The fourth-order valence-corrected chi connectivity index (χ4v) is 10.1. The third-order valence-electron chi connectivity index (χ3n) is 11.7. The van der Waals surface area contributed by atoms with Gasteiger partial charge in [-0.15, -0.1) is 0 Å². The lowest BCUT2D eigenvalue weighted by molar-refractivity contribution is -0.229. The predicted octanol–water partition coefficient (Wildman–Crippen LogP) is 5.16. The molecule has 4 aliphatic carbocycles. The maximum Gasteiger partial charge on any atom is 0.312 e. The molecule has 236 valence electrons. The van der Waals surface area contributed by atoms with Crippen LogP contribution in [0.1, 0.15) is 63.6 Å². The van der Waals surface area contributed by atoms with Crippen LogP contribution in [0.5, 0.6) is 0 Å². The number of alkyl halides is 2. The second kappa shape index (κ2) is 10.4. The lowest BCUT2D eigenvalue weighted by Crippen LogP contribution is -2.70. The minimum atomic E-state index is -2.03. The van der Waals surface area contributed by atoms with Gasteiger partial charge >= 0.3 is 5.97 Å². The van der Waals surface area contributed by atoms with E-state index in [9.17, 15) is 23.5 Å². The van der Waals surface area contributed by atoms with E-state index in [1.54, 1.807) is 16.9 Å². The van der Waals surface area contributed by atoms with E-state index >= 15 is 4.39 Å². The number of nitrogens with zero attached hydrogens (tertiary/aromatic N) is 3. The van der Waals surface area contributed by atoms with E-state index in [1.807, 2.05) is 19.9 Å². The summed E-state index contributed by atoms with van der Waals surface area (Å²) in [6.07, 6.45) is 5.81. The molecule has 3 heterocycles. The Labute approximate surface area is 257 Å². The first-order valence-electron chi connectivity index (χ1n) is 15.3. The third kappa shape index (κ3) is 3.98. The number of esters is 1. The lowest BCUT2D eigenvalue weighted by atomic mass is 9.44. The minimum Gasteiger partial charge on any atom is -0.449 e. The van der Waals surface area contributed by atoms with Crippen molar-refractivity contribution < 1.29 is 37.3 Å². The number of aliphatic hydroxyl groups is 1. The molecule has 0 spiro atoms. The van der Waals surface area contributed by atoms with Crippen LogP contribution in [0.2, 0.25) is 0 Å². The highest BCUT2D eigenvalue weighted by Crippen LogP contribution is 2.71. The largest absolute Gasteiger partial charge is 0.449 e. The van der Waals surface area contributed by atoms with E-state index in [-0.39, 0.29) is 25.4 Å². The molecule has 2 aromatic rings. The Balaban J connectivity index is 1.25. The molecule has 8 nitrogen and oxygen atoms in total. The number of hydrogen-bond donors (Lipinski definition) is 1. The number of pyridine rings is 1. The molecule has 44 heavy (non-hydrogen) atoms. The maximum atomic E-state index is 18.1. The van der Waals surface area contributed by atoms with Crippen LogP contribution in [-0.2, 0) is 25.5 Å². The average Bonchev–Trinajstić information content (AvgIpc) is 3.73. The van der Waals surface area contributed by atoms with Crippen LogP contribution < -0.4 is 0 Å². The Kier molecular flexibility index (Phi) is 7.10. The number of aromatic nitrogens is 3. The zero-order chi connectivity index (χ0) is 31.1. The van der Waals surface area contributed by atoms with Gasteiger partial charge in [-0.1, -0.05) is 19.4 Å². The first kappa shape index (κ1) is 30.0. The van der Waals surface area contributed by atoms with Crippen LogP contribution in [0, 0.1) is 34.5 Å². The molecule has 8 atom stereocenters. The van der Waals surface area contributed by atoms with Gasteiger partial charge in [-0.3, -0.25) is 9.59 Å². The van der Waals surface area contributed by atoms with E-state index in [1.165, 1.54) is 12.3 Å². The lowest BCUT2D eigenvalue weighted by Gasteiger charge is -2.63. The SMILES string of the molecule is C[C@]12Cc3cnn(-c4ccc(F)nc4)c3C=C1CC[C@H]1[C@@H]3CC[C@](OC(=O)[C@@H]4CCOC4)(C(=O)SCF)[C@@]3(C)C[C@H](O)[C@@]12F. The number of carbonyl (C=O) groups is 2. The Morgan fingerprint density at radius 1 is 1.20 bits per heavy atom. The van der Waals surface area contributed by atoms with Crippen molar-refractivity contribution in [1.29, 1.82) is 0 Å². The van der Waals surface area contributed by atoms with Crippen LogP contribution in [0.3, 0.4) is 0 Å². The van der Waals surface area contributed by atoms with Gasteiger partial charge in [-0.05, 0) is 86.4 Å². The van der Waals surface area contributed by atoms with Crippen LogP contribution in [-0.4, -0.2) is 67.5 Å². The third-order valence-corrected chi connectivity index (χ3v) is 12.4. The Morgan fingerprint density at radius 3 is 2.73 bits per heavy atom. The maximum absolute atomic E-state index is 18.1. The van der Waals surface area contributed by atoms with Crippen molar-refractivity contribution in [1.82, 2.24) is 14.8 Å². The van der Waals surface area contributed by atoms with E-state index in [2.05, 4.69) is 10.1 Å². The molecule has 7 rings (SSSR count). The van der Waals surface area contributed by atoms with Gasteiger partial charge in [0.05, 0.1) is 42.4 Å². The zero-order valence-corrected chi connectivity index (χ0v) is 25.5. The van der Waals surface area contributed by atoms with Gasteiger partial charge in [0.2, 0.25) is 11.1 Å². The quantitative estimate of drug-likeness (QED) is 0.357. The van der Waals surface area contributed by atoms with E-state index in [4.69, 9.17) is 9.47 Å². The molecule has 0 radical (unpaired) electrons. The fraction of sp³-hybridized carbons (Fsp3) is 0.625. The monoisotopic (exact) mass is 631 g/mol. The molecule has 4 fully saturated rings. The highest BCUT2D eigenvalue weighted by Gasteiger charge is 2.76. The summed E-state index contributed by atoms with van der Waals surface area (Å²) >= 11 is 0.474. The molecule has 0 unspecified atom stereocenters. The van der Waals surface area contributed by atoms with Crippen molar-refractivity contribution in [3.63, 3.8) is 0 Å². The number of allylic oxidation sites excluding steroid dienone is 1. The second-order valence-corrected chi connectivity index (χ2v) is 14.4. The first-order chi connectivity index (χ1) is 21.0. The average molecular weight is 632 g/mol. The van der Waals surface area contributed by atoms with Crippen LogP contribution in [0.15, 0.2) is 30.1 Å². The molecular weight excluding hydrogens is 595 g/mol. The molecule has 1 saturated heterocycles. The fourth-order valence-electron chi connectivity index (χ4n) is 9.43. The smallest absolute Gasteiger partial charge is 0.312 e. The number of aliphatic hydroxyl groups excluding tert-OH is 1. The standard InChI is InChI=1S/C32H36F3N3O5S/c1-29-12-19-14-37-38(21-4-6-26(34)36-15-21)24(19)11-20(29)3-5-23-22-7-9-31(28(41)44-17-33,43-27(40)18-8-10-42-16-18)30(22,2)13-25(39)32(23,29)35/h4,6,11,14-15,18,22-23,25,39H,3,5,7-10,12-13,16-17H2,1-2H3/t18-,22+,23+,25+,29+,30+,31+,32+/m1/s1.